The molecule has 35 nitrogen and oxygen atoms in total. The van der Waals surface area contributed by atoms with E-state index in [1.807, 2.05) is 11.8 Å². The smallest absolute Gasteiger partial charge is 0.315 e. The maximum absolute atomic E-state index is 14.4. The van der Waals surface area contributed by atoms with E-state index >= 15 is 0 Å². The summed E-state index contributed by atoms with van der Waals surface area (Å²) < 4.78 is 18.1. The van der Waals surface area contributed by atoms with Crippen LogP contribution < -0.4 is 81.8 Å². The number of hydrogen-bond donors (Lipinski definition) is 17. The number of urea groups is 1. The average Bonchev–Trinajstić information content (AvgIpc) is 1.67. The summed E-state index contributed by atoms with van der Waals surface area (Å²) in [6, 6.07) is -5.19. The number of fused-ring (bicyclic) bond motifs is 3. The number of primary amides is 2. The number of carbonyl (C=O) groups excluding carboxylic acids is 11. The van der Waals surface area contributed by atoms with E-state index in [2.05, 4.69) is 68.5 Å². The van der Waals surface area contributed by atoms with Crippen LogP contribution in [0.3, 0.4) is 0 Å². The molecule has 0 radical (unpaired) electrons. The maximum Gasteiger partial charge on any atom is 0.315 e. The molecule has 2 fully saturated rings. The van der Waals surface area contributed by atoms with Gasteiger partial charge in [-0.2, -0.15) is 11.8 Å². The largest absolute Gasteiger partial charge is 0.508 e. The Morgan fingerprint density at radius 2 is 1.31 bits per heavy atom. The van der Waals surface area contributed by atoms with Crippen LogP contribution in [-0.2, 0) is 81.5 Å². The van der Waals surface area contributed by atoms with Crippen molar-refractivity contribution >= 4 is 82.8 Å². The lowest BCUT2D eigenvalue weighted by Crippen LogP contribution is -2.61. The van der Waals surface area contributed by atoms with Crippen molar-refractivity contribution < 1.29 is 77.2 Å². The fourth-order valence-corrected chi connectivity index (χ4v) is 11.7. The molecule has 2 bridgehead atoms. The zero-order chi connectivity index (χ0) is 67.7. The Hall–Kier alpha value is -8.45. The van der Waals surface area contributed by atoms with Crippen molar-refractivity contribution in [3.8, 4) is 5.75 Å². The molecule has 2 saturated heterocycles. The molecule has 0 aliphatic carbocycles. The summed E-state index contributed by atoms with van der Waals surface area (Å²) in [4.78, 5) is 152. The number of nitrogens with one attached hydrogen (secondary N) is 10. The van der Waals surface area contributed by atoms with Gasteiger partial charge in [0.2, 0.25) is 59.1 Å². The zero-order valence-corrected chi connectivity index (χ0v) is 52.8. The Balaban J connectivity index is 1.26. The number of nitrogens with two attached hydrogens (primary N) is 5. The number of aliphatic hydroxyl groups excluding tert-OH is 1. The van der Waals surface area contributed by atoms with Gasteiger partial charge in [-0.05, 0) is 88.4 Å². The zero-order valence-electron chi connectivity index (χ0n) is 51.9. The molecule has 3 aliphatic heterocycles. The molecular weight excluding hydrogens is 1240 g/mol. The number of phenolic OH excluding ortho intramolecular Hbond substituents is 1. The van der Waals surface area contributed by atoms with Gasteiger partial charge in [0.15, 0.2) is 5.96 Å². The highest BCUT2D eigenvalue weighted by Crippen LogP contribution is 2.33. The predicted molar refractivity (Wildman–Crippen MR) is 335 cm³/mol. The molecule has 1 aromatic carbocycles. The third kappa shape index (κ3) is 27.7. The fourth-order valence-electron chi connectivity index (χ4n) is 10.2. The van der Waals surface area contributed by atoms with Crippen molar-refractivity contribution in [2.24, 2.45) is 33.7 Å². The summed E-state index contributed by atoms with van der Waals surface area (Å²) in [5.74, 6) is -8.36. The summed E-state index contributed by atoms with van der Waals surface area (Å²) in [7, 11) is 0. The number of thioether (sulfide) groups is 1. The van der Waals surface area contributed by atoms with Crippen LogP contribution in [0, 0.1) is 0 Å². The van der Waals surface area contributed by atoms with Gasteiger partial charge in [-0.1, -0.05) is 23.8 Å². The normalized spacial score (nSPS) is 23.6. The van der Waals surface area contributed by atoms with Crippen LogP contribution in [0.5, 0.6) is 5.75 Å². The third-order valence-electron chi connectivity index (χ3n) is 15.1. The summed E-state index contributed by atoms with van der Waals surface area (Å²) in [5, 5.41) is 55.6. The number of unbranched alkanes of at least 4 members (excludes halogenated alkanes) is 2. The predicted octanol–water partition coefficient (Wildman–Crippen LogP) is -6.23. The van der Waals surface area contributed by atoms with E-state index in [4.69, 9.17) is 42.9 Å². The second kappa shape index (κ2) is 40.5. The Labute approximate surface area is 541 Å². The summed E-state index contributed by atoms with van der Waals surface area (Å²) in [6.45, 7) is -0.240. The number of aryl methyl sites for hydroxylation is 1. The van der Waals surface area contributed by atoms with Crippen LogP contribution in [0.15, 0.2) is 35.5 Å². The highest BCUT2D eigenvalue weighted by Gasteiger charge is 2.43. The number of nitrogens with zero attached hydrogens (tertiary/aromatic N) is 4. The summed E-state index contributed by atoms with van der Waals surface area (Å²) in [6.07, 6.45) is 4.23. The third-order valence-corrected chi connectivity index (χ3v) is 16.6. The second-order valence-corrected chi connectivity index (χ2v) is 23.8. The van der Waals surface area contributed by atoms with Crippen LogP contribution in [0.4, 0.5) is 4.79 Å². The molecule has 1 aromatic heterocycles. The van der Waals surface area contributed by atoms with E-state index in [0.29, 0.717) is 49.5 Å². The van der Waals surface area contributed by atoms with Gasteiger partial charge in [0.1, 0.15) is 54.6 Å². The van der Waals surface area contributed by atoms with Gasteiger partial charge in [-0.3, -0.25) is 57.6 Å². The minimum absolute atomic E-state index is 0.0113. The standard InChI is InChI=1S/C57H91N19O16S/c58-17-5-3-9-37-50(83)66-36(49(60)82)8-4-6-20-76-29-34(74-75-76)27-40(65-47(81)31-92-25-24-91-23-22-90-21-19-63-46(80)12-2-1-11-44-48-43(32-93-44)72-57(89)73-48)53(86)68-38(10-7-18-64-56(61)62)51(84)71-42(30-77)55(88)69-39(26-33-13-15-35(78)16-14-33)52(85)70-41(28-45(59)79)54(87)67-37/h13-16,29,36-44,48,77-78H,1-12,17-28,30-32,58H2,(H2,59,79)(H2,60,82)(H,63,80)(H,65,81)(H,66,83)(H,67,87)(H,68,86)(H,69,88)(H,70,85)(H,71,84)(H4,61,62,64)(H2,72,73,89)/t36-,37-,38-,39-,40-,41-,42-,43-,44-,48-/m0/s1. The number of aliphatic imine (C=N–C) groups is 1. The fraction of sp³-hybridized carbons (Fsp3) is 0.649. The Kier molecular flexibility index (Phi) is 32.8. The van der Waals surface area contributed by atoms with Crippen LogP contribution in [-0.4, -0.2) is 228 Å². The maximum atomic E-state index is 14.4. The molecule has 10 atom stereocenters. The average molecular weight is 1330 g/mol. The van der Waals surface area contributed by atoms with Crippen molar-refractivity contribution in [2.45, 2.75) is 162 Å². The van der Waals surface area contributed by atoms with Crippen molar-refractivity contribution in [3.63, 3.8) is 0 Å². The van der Waals surface area contributed by atoms with E-state index < -0.39 is 115 Å². The Morgan fingerprint density at radius 1 is 0.688 bits per heavy atom. The lowest BCUT2D eigenvalue weighted by atomic mass is 10.0. The lowest BCUT2D eigenvalue weighted by Gasteiger charge is -2.27. The highest BCUT2D eigenvalue weighted by atomic mass is 32.2. The highest BCUT2D eigenvalue weighted by molar-refractivity contribution is 8.00. The first-order chi connectivity index (χ1) is 44.6. The molecule has 516 valence electrons. The topological polar surface area (TPSA) is 549 Å². The van der Waals surface area contributed by atoms with Crippen molar-refractivity contribution in [1.29, 1.82) is 0 Å². The molecule has 22 N–H and O–H groups in total. The summed E-state index contributed by atoms with van der Waals surface area (Å²) >= 11 is 1.84. The number of rotatable bonds is 31. The minimum atomic E-state index is -1.83. The molecule has 0 unspecified atom stereocenters. The number of aromatic hydroxyl groups is 1. The number of carbonyl (C=O) groups is 11. The van der Waals surface area contributed by atoms with Crippen molar-refractivity contribution in [3.05, 3.63) is 41.7 Å². The van der Waals surface area contributed by atoms with Gasteiger partial charge >= 0.3 is 6.03 Å². The number of phenols is 1. The van der Waals surface area contributed by atoms with Gasteiger partial charge in [0.25, 0.3) is 0 Å². The van der Waals surface area contributed by atoms with E-state index in [1.165, 1.54) is 35.1 Å². The second-order valence-electron chi connectivity index (χ2n) is 22.5. The number of ether oxygens (including phenoxy) is 3. The number of guanidine groups is 1. The first kappa shape index (κ1) is 75.3. The van der Waals surface area contributed by atoms with Crippen molar-refractivity contribution in [2.75, 3.05) is 71.6 Å². The van der Waals surface area contributed by atoms with Crippen LogP contribution in [0.25, 0.3) is 0 Å². The quantitative estimate of drug-likeness (QED) is 0.0145. The first-order valence-electron chi connectivity index (χ1n) is 31.0. The van der Waals surface area contributed by atoms with Crippen molar-refractivity contribution in [1.82, 2.24) is 68.2 Å². The molecule has 3 aliphatic rings. The molecule has 2 aromatic rings. The molecule has 36 heteroatoms. The van der Waals surface area contributed by atoms with Gasteiger partial charge in [0, 0.05) is 56.1 Å². The van der Waals surface area contributed by atoms with E-state index in [-0.39, 0.29) is 133 Å². The number of aliphatic hydroxyl groups is 1. The monoisotopic (exact) mass is 1330 g/mol. The Morgan fingerprint density at radius 3 is 2.01 bits per heavy atom. The number of aromatic nitrogens is 3. The summed E-state index contributed by atoms with van der Waals surface area (Å²) in [5.41, 5.74) is 28.6. The molecule has 0 spiro atoms. The molecule has 0 saturated carbocycles. The lowest BCUT2D eigenvalue weighted by molar-refractivity contribution is -0.136. The van der Waals surface area contributed by atoms with E-state index in [9.17, 15) is 63.0 Å². The molecule has 4 heterocycles. The van der Waals surface area contributed by atoms with E-state index in [1.54, 1.807) is 0 Å². The van der Waals surface area contributed by atoms with Gasteiger partial charge in [-0.15, -0.1) is 5.10 Å². The van der Waals surface area contributed by atoms with Gasteiger partial charge in [-0.25, -0.2) is 4.79 Å². The number of hydrogen-bond acceptors (Lipinski definition) is 21. The number of benzene rings is 1. The number of amides is 12. The van der Waals surface area contributed by atoms with Gasteiger partial charge < -0.3 is 106 Å². The first-order valence-corrected chi connectivity index (χ1v) is 32.1. The Bertz CT molecular complexity index is 2830. The van der Waals surface area contributed by atoms with Gasteiger partial charge in [0.05, 0.1) is 63.8 Å². The van der Waals surface area contributed by atoms with E-state index in [0.717, 1.165) is 25.0 Å². The molecular formula is C57H91N19O16S. The van der Waals surface area contributed by atoms with Crippen LogP contribution >= 0.6 is 11.8 Å². The minimum Gasteiger partial charge on any atom is -0.508 e. The van der Waals surface area contributed by atoms with Crippen LogP contribution in [0.2, 0.25) is 0 Å². The van der Waals surface area contributed by atoms with Crippen LogP contribution in [0.1, 0.15) is 94.7 Å². The molecule has 93 heavy (non-hydrogen) atoms. The molecule has 12 amide bonds. The molecule has 5 rings (SSSR count). The SMILES string of the molecule is NCCCC[C@@H]1NC(=O)[C@H](CC(N)=O)NC(=O)[C@H](Cc2ccc(O)cc2)NC(=O)[C@H](CO)NC(=O)[C@H](CCCN=C(N)N)NC(=O)[C@@H](NC(=O)COCCOCCOCCNC(=O)CCCC[C@@H]2SC[C@@H]3NC(=O)N[C@@H]32)Cc2cn(nn2)CCCC[C@@H](C(N)=O)NC1=O.